The molecule has 39 heavy (non-hydrogen) atoms. The maximum atomic E-state index is 12.8. The van der Waals surface area contributed by atoms with Gasteiger partial charge in [0, 0.05) is 36.0 Å². The summed E-state index contributed by atoms with van der Waals surface area (Å²) in [5.74, 6) is 1.15. The number of carbonyl (C=O) groups is 2. The molecule has 1 aromatic carbocycles. The summed E-state index contributed by atoms with van der Waals surface area (Å²) >= 11 is 0.381. The Morgan fingerprint density at radius 1 is 1.13 bits per heavy atom. The average Bonchev–Trinajstić information content (AvgIpc) is 2.91. The maximum absolute atomic E-state index is 12.8. The Balaban J connectivity index is 1.52. The Hall–Kier alpha value is -3.85. The number of rotatable bonds is 6. The minimum Gasteiger partial charge on any atom is -0.445 e. The molecule has 0 unspecified atom stereocenters. The van der Waals surface area contributed by atoms with E-state index in [9.17, 15) is 19.1 Å². The summed E-state index contributed by atoms with van der Waals surface area (Å²) in [6, 6.07) is 11.3. The zero-order valence-electron chi connectivity index (χ0n) is 22.5. The van der Waals surface area contributed by atoms with Gasteiger partial charge in [-0.05, 0) is 32.8 Å². The van der Waals surface area contributed by atoms with Crippen LogP contribution in [-0.4, -0.2) is 69.8 Å². The number of ether oxygens (including phenoxy) is 2. The summed E-state index contributed by atoms with van der Waals surface area (Å²) in [6.45, 7) is 7.53. The van der Waals surface area contributed by atoms with Crippen molar-refractivity contribution in [2.24, 2.45) is 0 Å². The average molecular weight is 554 g/mol. The van der Waals surface area contributed by atoms with Crippen LogP contribution in [0.5, 0.6) is 0 Å². The molecule has 1 saturated heterocycles. The fourth-order valence-corrected chi connectivity index (χ4v) is 4.93. The van der Waals surface area contributed by atoms with Crippen molar-refractivity contribution in [1.29, 1.82) is 5.26 Å². The molecule has 2 aliphatic rings. The summed E-state index contributed by atoms with van der Waals surface area (Å²) in [6.07, 6.45) is -0.206. The molecule has 2 amide bonds. The van der Waals surface area contributed by atoms with Crippen molar-refractivity contribution >= 4 is 29.7 Å². The Morgan fingerprint density at radius 2 is 1.90 bits per heavy atom. The molecule has 4 rings (SSSR count). The first-order valence-electron chi connectivity index (χ1n) is 12.9. The van der Waals surface area contributed by atoms with Crippen LogP contribution in [0.2, 0.25) is 0 Å². The van der Waals surface area contributed by atoms with Crippen molar-refractivity contribution < 1.29 is 23.3 Å². The van der Waals surface area contributed by atoms with Crippen molar-refractivity contribution in [2.75, 3.05) is 31.1 Å². The molecule has 1 atom stereocenters. The van der Waals surface area contributed by atoms with Crippen LogP contribution in [0.15, 0.2) is 30.3 Å². The molecule has 1 fully saturated rings. The summed E-state index contributed by atoms with van der Waals surface area (Å²) in [4.78, 5) is 40.2. The van der Waals surface area contributed by atoms with Gasteiger partial charge in [-0.2, -0.15) is 5.26 Å². The van der Waals surface area contributed by atoms with Gasteiger partial charge in [-0.15, -0.1) is 0 Å². The minimum absolute atomic E-state index is 0.0816. The predicted molar refractivity (Wildman–Crippen MR) is 144 cm³/mol. The summed E-state index contributed by atoms with van der Waals surface area (Å²) in [5.41, 5.74) is 1.84. The van der Waals surface area contributed by atoms with E-state index in [2.05, 4.69) is 11.1 Å². The number of nitrogens with zero attached hydrogens (tertiary/aromatic N) is 6. The number of hydrogen-bond acceptors (Lipinski definition) is 9. The Kier molecular flexibility index (Phi) is 8.91. The van der Waals surface area contributed by atoms with Crippen LogP contribution in [-0.2, 0) is 50.7 Å². The second kappa shape index (κ2) is 12.3. The van der Waals surface area contributed by atoms with Crippen LogP contribution in [0.25, 0.3) is 0 Å². The van der Waals surface area contributed by atoms with Crippen molar-refractivity contribution in [3.05, 3.63) is 53.0 Å². The van der Waals surface area contributed by atoms with Gasteiger partial charge >= 0.3 is 23.9 Å². The fraction of sp³-hybridized carbons (Fsp3) is 0.519. The van der Waals surface area contributed by atoms with Gasteiger partial charge in [0.2, 0.25) is 0 Å². The Morgan fingerprint density at radius 3 is 2.59 bits per heavy atom. The second-order valence-electron chi connectivity index (χ2n) is 10.5. The number of benzene rings is 1. The third kappa shape index (κ3) is 7.17. The van der Waals surface area contributed by atoms with Crippen molar-refractivity contribution in [1.82, 2.24) is 19.8 Å². The molecule has 3 heterocycles. The van der Waals surface area contributed by atoms with E-state index in [0.29, 0.717) is 61.6 Å². The minimum atomic E-state index is -0.643. The smallest absolute Gasteiger partial charge is 0.445 e. The van der Waals surface area contributed by atoms with Crippen LogP contribution >= 0.6 is 0 Å². The number of carbonyl (C=O) groups excluding carboxylic acids is 2. The third-order valence-electron chi connectivity index (χ3n) is 6.48. The molecule has 2 aliphatic heterocycles. The number of nitriles is 1. The Bertz CT molecular complexity index is 1250. The summed E-state index contributed by atoms with van der Waals surface area (Å²) < 4.78 is 22.4. The molecule has 0 saturated carbocycles. The molecular formula is C27H33N6O5S+. The highest BCUT2D eigenvalue weighted by Crippen LogP contribution is 2.30. The summed E-state index contributed by atoms with van der Waals surface area (Å²) in [7, 11) is 0. The van der Waals surface area contributed by atoms with Crippen LogP contribution in [0, 0.1) is 11.3 Å². The van der Waals surface area contributed by atoms with E-state index < -0.39 is 17.8 Å². The standard InChI is InChI=1S/C27H33N6O5S/c1-27(2,3)38-26(35)33-14-13-31(15-20(33)9-11-28)24-21-10-12-32(16-22(21)29-23(30-24)18-39-36)25(34)37-17-19-7-5-4-6-8-19/h4-8,20H,9-10,12-18H2,1-3H3/q+1/t20-/m0/s1. The SMILES string of the molecule is CC(C)(C)OC(=O)N1CCN(c2nc(C[S+]=O)nc3c2CCN(C(=O)OCc2ccccc2)C3)C[C@@H]1CC#N. The number of anilines is 1. The van der Waals surface area contributed by atoms with Gasteiger partial charge in [-0.25, -0.2) is 19.6 Å². The van der Waals surface area contributed by atoms with E-state index in [1.807, 2.05) is 56.0 Å². The van der Waals surface area contributed by atoms with E-state index >= 15 is 0 Å². The molecule has 0 radical (unpaired) electrons. The van der Waals surface area contributed by atoms with Gasteiger partial charge < -0.3 is 24.2 Å². The zero-order valence-corrected chi connectivity index (χ0v) is 23.3. The van der Waals surface area contributed by atoms with E-state index in [4.69, 9.17) is 14.5 Å². The molecule has 11 nitrogen and oxygen atoms in total. The van der Waals surface area contributed by atoms with Gasteiger partial charge in [-0.1, -0.05) is 30.3 Å². The van der Waals surface area contributed by atoms with Gasteiger partial charge in [0.05, 0.1) is 30.8 Å². The van der Waals surface area contributed by atoms with Gasteiger partial charge in [0.25, 0.3) is 5.75 Å². The molecule has 12 heteroatoms. The van der Waals surface area contributed by atoms with E-state index in [1.165, 1.54) is 0 Å². The maximum Gasteiger partial charge on any atom is 0.467 e. The molecule has 0 N–H and O–H groups in total. The molecular weight excluding hydrogens is 520 g/mol. The first-order valence-corrected chi connectivity index (χ1v) is 13.8. The van der Waals surface area contributed by atoms with Gasteiger partial charge in [0.15, 0.2) is 5.82 Å². The fourth-order valence-electron chi connectivity index (χ4n) is 4.69. The van der Waals surface area contributed by atoms with Crippen molar-refractivity contribution in [3.63, 3.8) is 0 Å². The van der Waals surface area contributed by atoms with Crippen molar-refractivity contribution in [3.8, 4) is 6.07 Å². The second-order valence-corrected chi connectivity index (χ2v) is 11.0. The summed E-state index contributed by atoms with van der Waals surface area (Å²) in [5, 5.41) is 9.45. The molecule has 206 valence electrons. The largest absolute Gasteiger partial charge is 0.467 e. The third-order valence-corrected chi connectivity index (χ3v) is 6.85. The molecule has 0 aliphatic carbocycles. The number of aromatic nitrogens is 2. The predicted octanol–water partition coefficient (Wildman–Crippen LogP) is 3.44. The van der Waals surface area contributed by atoms with Crippen molar-refractivity contribution in [2.45, 2.75) is 64.2 Å². The van der Waals surface area contributed by atoms with Crippen LogP contribution in [0.1, 0.15) is 49.8 Å². The first-order chi connectivity index (χ1) is 18.7. The van der Waals surface area contributed by atoms with Gasteiger partial charge in [-0.3, -0.25) is 0 Å². The molecule has 0 bridgehead atoms. The highest BCUT2D eigenvalue weighted by Gasteiger charge is 2.36. The monoisotopic (exact) mass is 553 g/mol. The lowest BCUT2D eigenvalue weighted by Gasteiger charge is -2.42. The Labute approximate surface area is 232 Å². The number of amides is 2. The van der Waals surface area contributed by atoms with Crippen LogP contribution in [0.3, 0.4) is 0 Å². The van der Waals surface area contributed by atoms with Crippen LogP contribution in [0.4, 0.5) is 15.4 Å². The molecule has 1 aromatic heterocycles. The topological polar surface area (TPSA) is 129 Å². The quantitative estimate of drug-likeness (QED) is 0.494. The lowest BCUT2D eigenvalue weighted by atomic mass is 10.0. The van der Waals surface area contributed by atoms with E-state index in [0.717, 1.165) is 11.1 Å². The highest BCUT2D eigenvalue weighted by atomic mass is 32.1. The lowest BCUT2D eigenvalue weighted by molar-refractivity contribution is 0.0144. The zero-order chi connectivity index (χ0) is 28.0. The highest BCUT2D eigenvalue weighted by molar-refractivity contribution is 7.64. The number of piperazine rings is 1. The van der Waals surface area contributed by atoms with E-state index in [-0.39, 0.29) is 31.4 Å². The number of hydrogen-bond donors (Lipinski definition) is 0. The lowest BCUT2D eigenvalue weighted by Crippen LogP contribution is -2.56. The normalized spacial score (nSPS) is 17.2. The first kappa shape index (κ1) is 28.2. The van der Waals surface area contributed by atoms with Gasteiger partial charge in [0.1, 0.15) is 18.0 Å². The van der Waals surface area contributed by atoms with Crippen LogP contribution < -0.4 is 4.90 Å². The molecule has 2 aromatic rings. The number of fused-ring (bicyclic) bond motifs is 1. The van der Waals surface area contributed by atoms with E-state index in [1.54, 1.807) is 9.80 Å². The molecule has 0 spiro atoms.